The maximum Gasteiger partial charge on any atom is 0.409 e. The number of carboxylic acid groups (broad SMARTS) is 1. The first-order chi connectivity index (χ1) is 7.85. The second-order valence-electron chi connectivity index (χ2n) is 3.82. The van der Waals surface area contributed by atoms with E-state index >= 15 is 0 Å². The average Bonchev–Trinajstić information content (AvgIpc) is 2.64. The molecule has 0 saturated carbocycles. The number of carbonyl (C=O) groups is 2. The lowest BCUT2D eigenvalue weighted by molar-refractivity contribution is 0.0935. The summed E-state index contributed by atoms with van der Waals surface area (Å²) in [7, 11) is 0. The van der Waals surface area contributed by atoms with E-state index in [0.717, 1.165) is 11.3 Å². The van der Waals surface area contributed by atoms with Crippen molar-refractivity contribution >= 4 is 29.0 Å². The van der Waals surface area contributed by atoms with Gasteiger partial charge in [-0.1, -0.05) is 5.92 Å². The molecule has 2 amide bonds. The van der Waals surface area contributed by atoms with Gasteiger partial charge in [0.05, 0.1) is 11.2 Å². The van der Waals surface area contributed by atoms with Crippen molar-refractivity contribution in [2.75, 3.05) is 5.32 Å². The molecule has 0 radical (unpaired) electrons. The lowest BCUT2D eigenvalue weighted by Gasteiger charge is -2.19. The van der Waals surface area contributed by atoms with Crippen molar-refractivity contribution in [1.82, 2.24) is 5.32 Å². The molecule has 17 heavy (non-hydrogen) atoms. The van der Waals surface area contributed by atoms with Gasteiger partial charge < -0.3 is 10.4 Å². The van der Waals surface area contributed by atoms with E-state index in [4.69, 9.17) is 11.5 Å². The Kier molecular flexibility index (Phi) is 3.76. The van der Waals surface area contributed by atoms with E-state index in [0.29, 0.717) is 0 Å². The monoisotopic (exact) mass is 252 g/mol. The summed E-state index contributed by atoms with van der Waals surface area (Å²) in [5.74, 6) is 2.03. The van der Waals surface area contributed by atoms with Crippen LogP contribution in [0.5, 0.6) is 0 Å². The number of hydrogen-bond donors (Lipinski definition) is 3. The molecule has 0 unspecified atom stereocenters. The molecule has 0 aliphatic heterocycles. The smallest absolute Gasteiger partial charge is 0.409 e. The molecule has 1 aromatic heterocycles. The zero-order valence-corrected chi connectivity index (χ0v) is 10.2. The Morgan fingerprint density at radius 2 is 2.18 bits per heavy atom. The first-order valence-corrected chi connectivity index (χ1v) is 5.61. The molecule has 1 rings (SSSR count). The van der Waals surface area contributed by atoms with Gasteiger partial charge >= 0.3 is 6.09 Å². The maximum absolute atomic E-state index is 11.9. The van der Waals surface area contributed by atoms with Gasteiger partial charge in [-0.2, -0.15) is 0 Å². The zero-order valence-electron chi connectivity index (χ0n) is 9.40. The van der Waals surface area contributed by atoms with Crippen LogP contribution in [0.1, 0.15) is 23.5 Å². The molecule has 0 aliphatic rings. The van der Waals surface area contributed by atoms with Crippen molar-refractivity contribution < 1.29 is 14.7 Å². The summed E-state index contributed by atoms with van der Waals surface area (Å²) < 4.78 is 0. The van der Waals surface area contributed by atoms with E-state index < -0.39 is 17.5 Å². The number of nitrogens with one attached hydrogen (secondary N) is 2. The second-order valence-corrected chi connectivity index (χ2v) is 4.73. The molecule has 1 aromatic rings. The number of amides is 2. The van der Waals surface area contributed by atoms with E-state index in [-0.39, 0.29) is 10.6 Å². The van der Waals surface area contributed by atoms with Gasteiger partial charge in [0.1, 0.15) is 4.88 Å². The summed E-state index contributed by atoms with van der Waals surface area (Å²) in [6, 6.07) is 1.52. The van der Waals surface area contributed by atoms with Gasteiger partial charge in [-0.05, 0) is 25.3 Å². The lowest BCUT2D eigenvalue weighted by atomic mass is 10.1. The van der Waals surface area contributed by atoms with Crippen molar-refractivity contribution in [3.8, 4) is 12.3 Å². The summed E-state index contributed by atoms with van der Waals surface area (Å²) in [5.41, 5.74) is -0.519. The van der Waals surface area contributed by atoms with Gasteiger partial charge in [0.15, 0.2) is 0 Å². The molecule has 0 spiro atoms. The molecule has 0 fully saturated rings. The van der Waals surface area contributed by atoms with Gasteiger partial charge in [-0.15, -0.1) is 17.8 Å². The first-order valence-electron chi connectivity index (χ1n) is 4.73. The van der Waals surface area contributed by atoms with E-state index in [1.807, 2.05) is 0 Å². The number of anilines is 1. The zero-order chi connectivity index (χ0) is 13.1. The number of thiophene rings is 1. The van der Waals surface area contributed by atoms with E-state index in [2.05, 4.69) is 16.6 Å². The van der Waals surface area contributed by atoms with Crippen molar-refractivity contribution in [2.45, 2.75) is 19.4 Å². The van der Waals surface area contributed by atoms with Crippen LogP contribution in [0, 0.1) is 12.3 Å². The number of carbonyl (C=O) groups excluding carboxylic acids is 1. The molecule has 0 bridgehead atoms. The fraction of sp³-hybridized carbons (Fsp3) is 0.273. The highest BCUT2D eigenvalue weighted by Crippen LogP contribution is 2.22. The minimum Gasteiger partial charge on any atom is -0.465 e. The Hall–Kier alpha value is -2.00. The minimum absolute atomic E-state index is 0.257. The molecule has 0 aromatic carbocycles. The van der Waals surface area contributed by atoms with Crippen LogP contribution in [0.3, 0.4) is 0 Å². The molecule has 5 nitrogen and oxygen atoms in total. The van der Waals surface area contributed by atoms with Crippen molar-refractivity contribution in [2.24, 2.45) is 0 Å². The van der Waals surface area contributed by atoms with E-state index in [1.54, 1.807) is 19.2 Å². The molecule has 1 heterocycles. The quantitative estimate of drug-likeness (QED) is 0.720. The highest BCUT2D eigenvalue weighted by Gasteiger charge is 2.21. The lowest BCUT2D eigenvalue weighted by Crippen LogP contribution is -2.42. The second kappa shape index (κ2) is 4.89. The molecule has 6 heteroatoms. The van der Waals surface area contributed by atoms with Crippen molar-refractivity contribution in [1.29, 1.82) is 0 Å². The third kappa shape index (κ3) is 3.50. The fourth-order valence-electron chi connectivity index (χ4n) is 1.08. The molecular weight excluding hydrogens is 240 g/mol. The van der Waals surface area contributed by atoms with Crippen LogP contribution in [0.25, 0.3) is 0 Å². The Bertz CT molecular complexity index is 485. The Morgan fingerprint density at radius 1 is 1.53 bits per heavy atom. The van der Waals surface area contributed by atoms with Crippen molar-refractivity contribution in [3.05, 3.63) is 16.3 Å². The summed E-state index contributed by atoms with van der Waals surface area (Å²) in [6.07, 6.45) is 4.04. The Morgan fingerprint density at radius 3 is 2.71 bits per heavy atom. The van der Waals surface area contributed by atoms with Crippen LogP contribution in [0.4, 0.5) is 10.5 Å². The van der Waals surface area contributed by atoms with Crippen LogP contribution in [-0.2, 0) is 0 Å². The van der Waals surface area contributed by atoms with Crippen LogP contribution >= 0.6 is 11.3 Å². The molecular formula is C11H12N2O3S. The summed E-state index contributed by atoms with van der Waals surface area (Å²) >= 11 is 1.14. The van der Waals surface area contributed by atoms with Crippen LogP contribution in [-0.4, -0.2) is 22.6 Å². The highest BCUT2D eigenvalue weighted by atomic mass is 32.1. The SMILES string of the molecule is C#CC(C)(C)NC(=O)c1sccc1NC(=O)O. The molecule has 0 atom stereocenters. The average molecular weight is 252 g/mol. The van der Waals surface area contributed by atoms with Crippen molar-refractivity contribution in [3.63, 3.8) is 0 Å². The summed E-state index contributed by atoms with van der Waals surface area (Å²) in [6.45, 7) is 3.37. The van der Waals surface area contributed by atoms with Gasteiger partial charge in [0.25, 0.3) is 5.91 Å². The van der Waals surface area contributed by atoms with Gasteiger partial charge in [0, 0.05) is 0 Å². The fourth-order valence-corrected chi connectivity index (χ4v) is 1.82. The summed E-state index contributed by atoms with van der Waals surface area (Å²) in [5, 5.41) is 15.0. The highest BCUT2D eigenvalue weighted by molar-refractivity contribution is 7.12. The molecule has 3 N–H and O–H groups in total. The maximum atomic E-state index is 11.9. The third-order valence-electron chi connectivity index (χ3n) is 1.90. The summed E-state index contributed by atoms with van der Waals surface area (Å²) in [4.78, 5) is 22.7. The van der Waals surface area contributed by atoms with Gasteiger partial charge in [-0.25, -0.2) is 4.79 Å². The predicted molar refractivity (Wildman–Crippen MR) is 66.3 cm³/mol. The van der Waals surface area contributed by atoms with E-state index in [9.17, 15) is 9.59 Å². The number of hydrogen-bond acceptors (Lipinski definition) is 3. The van der Waals surface area contributed by atoms with Gasteiger partial charge in [-0.3, -0.25) is 10.1 Å². The normalized spacial score (nSPS) is 10.4. The van der Waals surface area contributed by atoms with Crippen LogP contribution in [0.2, 0.25) is 0 Å². The van der Waals surface area contributed by atoms with Gasteiger partial charge in [0.2, 0.25) is 0 Å². The molecule has 90 valence electrons. The largest absolute Gasteiger partial charge is 0.465 e. The predicted octanol–water partition coefficient (Wildman–Crippen LogP) is 1.98. The Balaban J connectivity index is 2.87. The Labute approximate surface area is 103 Å². The number of rotatable bonds is 3. The van der Waals surface area contributed by atoms with Crippen LogP contribution < -0.4 is 10.6 Å². The molecule has 0 aliphatic carbocycles. The number of terminal acetylenes is 1. The third-order valence-corrected chi connectivity index (χ3v) is 2.81. The minimum atomic E-state index is -1.21. The topological polar surface area (TPSA) is 78.4 Å². The molecule has 0 saturated heterocycles. The van der Waals surface area contributed by atoms with E-state index in [1.165, 1.54) is 6.07 Å². The van der Waals surface area contributed by atoms with Crippen LogP contribution in [0.15, 0.2) is 11.4 Å². The standard InChI is InChI=1S/C11H12N2O3S/c1-4-11(2,3)13-9(14)8-7(5-6-17-8)12-10(15)16/h1,5-6,12H,2-3H3,(H,13,14)(H,15,16). The first kappa shape index (κ1) is 13.1.